The number of nitrogens with zero attached hydrogens (tertiary/aromatic N) is 1. The molecule has 0 saturated carbocycles. The number of benzene rings is 2. The average Bonchev–Trinajstić information content (AvgIpc) is 2.94. The Morgan fingerprint density at radius 1 is 1.13 bits per heavy atom. The summed E-state index contributed by atoms with van der Waals surface area (Å²) in [4.78, 5) is 0.122. The number of fused-ring (bicyclic) bond motifs is 1. The van der Waals surface area contributed by atoms with Gasteiger partial charge in [0.05, 0.1) is 16.1 Å². The highest BCUT2D eigenvalue weighted by Crippen LogP contribution is 2.31. The van der Waals surface area contributed by atoms with Gasteiger partial charge in [-0.1, -0.05) is 29.8 Å². The summed E-state index contributed by atoms with van der Waals surface area (Å²) in [5, 5.41) is 11.1. The molecular formula is C16H14ClNO4S. The first-order valence-electron chi connectivity index (χ1n) is 6.77. The van der Waals surface area contributed by atoms with E-state index in [1.54, 1.807) is 42.5 Å². The molecule has 0 spiro atoms. The number of methoxy groups -OCH3 is 1. The maximum atomic E-state index is 13.0. The fourth-order valence-corrected chi connectivity index (χ4v) is 4.18. The van der Waals surface area contributed by atoms with Gasteiger partial charge in [-0.2, -0.15) is 0 Å². The normalized spacial score (nSPS) is 13.3. The third kappa shape index (κ3) is 2.74. The summed E-state index contributed by atoms with van der Waals surface area (Å²) in [6.07, 6.45) is -1.38. The molecule has 120 valence electrons. The zero-order valence-corrected chi connectivity index (χ0v) is 13.8. The fraction of sp³-hybridized carbons (Fsp3) is 0.125. The van der Waals surface area contributed by atoms with Crippen molar-refractivity contribution >= 4 is 32.5 Å². The summed E-state index contributed by atoms with van der Waals surface area (Å²) in [6, 6.07) is 14.4. The van der Waals surface area contributed by atoms with Crippen molar-refractivity contribution in [3.05, 3.63) is 65.3 Å². The zero-order valence-electron chi connectivity index (χ0n) is 12.2. The van der Waals surface area contributed by atoms with Crippen LogP contribution in [0.3, 0.4) is 0 Å². The molecule has 0 radical (unpaired) electrons. The summed E-state index contributed by atoms with van der Waals surface area (Å²) in [7, 11) is -2.59. The number of aromatic nitrogens is 1. The average molecular weight is 352 g/mol. The Morgan fingerprint density at radius 3 is 2.48 bits per heavy atom. The van der Waals surface area contributed by atoms with Gasteiger partial charge in [-0.25, -0.2) is 12.4 Å². The van der Waals surface area contributed by atoms with Gasteiger partial charge in [-0.15, -0.1) is 0 Å². The van der Waals surface area contributed by atoms with Crippen molar-refractivity contribution in [3.63, 3.8) is 0 Å². The number of hydrogen-bond acceptors (Lipinski definition) is 4. The van der Waals surface area contributed by atoms with E-state index in [2.05, 4.69) is 0 Å². The molecule has 2 aromatic carbocycles. The molecule has 1 unspecified atom stereocenters. The van der Waals surface area contributed by atoms with Crippen molar-refractivity contribution in [1.82, 2.24) is 3.97 Å². The lowest BCUT2D eigenvalue weighted by Gasteiger charge is -2.14. The van der Waals surface area contributed by atoms with Crippen molar-refractivity contribution in [2.24, 2.45) is 0 Å². The molecule has 7 heteroatoms. The summed E-state index contributed by atoms with van der Waals surface area (Å²) >= 11 is 5.97. The first-order chi connectivity index (χ1) is 10.9. The van der Waals surface area contributed by atoms with E-state index in [4.69, 9.17) is 16.3 Å². The Morgan fingerprint density at radius 2 is 1.83 bits per heavy atom. The van der Waals surface area contributed by atoms with E-state index in [0.29, 0.717) is 15.9 Å². The highest BCUT2D eigenvalue weighted by atomic mass is 35.5. The fourth-order valence-electron chi connectivity index (χ4n) is 2.44. The summed E-state index contributed by atoms with van der Waals surface area (Å²) in [5.74, 6) is 0. The van der Waals surface area contributed by atoms with E-state index in [1.165, 1.54) is 19.2 Å². The van der Waals surface area contributed by atoms with Crippen molar-refractivity contribution in [2.75, 3.05) is 7.11 Å². The zero-order chi connectivity index (χ0) is 16.6. The topological polar surface area (TPSA) is 68.5 Å². The second-order valence-corrected chi connectivity index (χ2v) is 7.17. The molecule has 1 N–H and O–H groups in total. The van der Waals surface area contributed by atoms with Crippen LogP contribution < -0.4 is 0 Å². The Balaban J connectivity index is 2.35. The summed E-state index contributed by atoms with van der Waals surface area (Å²) < 4.78 is 32.0. The van der Waals surface area contributed by atoms with E-state index in [0.717, 1.165) is 3.97 Å². The van der Waals surface area contributed by atoms with Crippen LogP contribution >= 0.6 is 11.6 Å². The van der Waals surface area contributed by atoms with Crippen LogP contribution in [0, 0.1) is 0 Å². The van der Waals surface area contributed by atoms with E-state index < -0.39 is 16.3 Å². The molecule has 5 nitrogen and oxygen atoms in total. The van der Waals surface area contributed by atoms with Gasteiger partial charge >= 0.3 is 0 Å². The molecule has 0 aliphatic heterocycles. The van der Waals surface area contributed by atoms with Crippen LogP contribution in [0.5, 0.6) is 0 Å². The van der Waals surface area contributed by atoms with Crippen molar-refractivity contribution in [1.29, 1.82) is 0 Å². The Kier molecular flexibility index (Phi) is 4.16. The molecule has 0 aliphatic rings. The van der Waals surface area contributed by atoms with Gasteiger partial charge in [0.25, 0.3) is 10.0 Å². The molecule has 23 heavy (non-hydrogen) atoms. The van der Waals surface area contributed by atoms with E-state index in [9.17, 15) is 13.5 Å². The SMILES string of the molecule is COC(O)c1cc2cc(Cl)ccc2n1S(=O)(=O)c1ccccc1. The minimum atomic E-state index is -3.89. The lowest BCUT2D eigenvalue weighted by atomic mass is 10.2. The van der Waals surface area contributed by atoms with Crippen LogP contribution in [0.25, 0.3) is 10.9 Å². The van der Waals surface area contributed by atoms with Gasteiger partial charge in [0.1, 0.15) is 0 Å². The first-order valence-corrected chi connectivity index (χ1v) is 8.59. The van der Waals surface area contributed by atoms with Gasteiger partial charge in [-0.05, 0) is 36.4 Å². The summed E-state index contributed by atoms with van der Waals surface area (Å²) in [5.41, 5.74) is 0.540. The van der Waals surface area contributed by atoms with Gasteiger partial charge in [0, 0.05) is 17.5 Å². The van der Waals surface area contributed by atoms with Crippen molar-refractivity contribution < 1.29 is 18.3 Å². The largest absolute Gasteiger partial charge is 0.363 e. The number of ether oxygens (including phenoxy) is 1. The van der Waals surface area contributed by atoms with Crippen LogP contribution in [-0.2, 0) is 14.8 Å². The van der Waals surface area contributed by atoms with E-state index >= 15 is 0 Å². The predicted molar refractivity (Wildman–Crippen MR) is 87.9 cm³/mol. The molecule has 3 rings (SSSR count). The molecule has 1 aromatic heterocycles. The molecule has 0 amide bonds. The molecule has 0 fully saturated rings. The van der Waals surface area contributed by atoms with Crippen molar-refractivity contribution in [2.45, 2.75) is 11.2 Å². The third-order valence-corrected chi connectivity index (χ3v) is 5.50. The highest BCUT2D eigenvalue weighted by Gasteiger charge is 2.26. The van der Waals surface area contributed by atoms with Crippen molar-refractivity contribution in [3.8, 4) is 0 Å². The quantitative estimate of drug-likeness (QED) is 0.733. The van der Waals surface area contributed by atoms with E-state index in [1.807, 2.05) is 0 Å². The number of halogens is 1. The Labute approximate surface area is 138 Å². The number of hydrogen-bond donors (Lipinski definition) is 1. The first kappa shape index (κ1) is 16.0. The minimum absolute atomic E-state index is 0.119. The highest BCUT2D eigenvalue weighted by molar-refractivity contribution is 7.90. The smallest absolute Gasteiger partial charge is 0.268 e. The molecule has 1 heterocycles. The number of rotatable bonds is 4. The maximum Gasteiger partial charge on any atom is 0.268 e. The summed E-state index contributed by atoms with van der Waals surface area (Å²) in [6.45, 7) is 0. The van der Waals surface area contributed by atoms with Crippen LogP contribution in [0.2, 0.25) is 5.02 Å². The van der Waals surface area contributed by atoms with Gasteiger partial charge in [-0.3, -0.25) is 0 Å². The van der Waals surface area contributed by atoms with Crippen LogP contribution in [0.1, 0.15) is 12.0 Å². The number of aliphatic hydroxyl groups excluding tert-OH is 1. The monoisotopic (exact) mass is 351 g/mol. The van der Waals surface area contributed by atoms with Gasteiger partial charge in [0.2, 0.25) is 0 Å². The second-order valence-electron chi connectivity index (χ2n) is 4.94. The molecule has 0 bridgehead atoms. The molecule has 1 atom stereocenters. The third-order valence-electron chi connectivity index (χ3n) is 3.50. The standard InChI is InChI=1S/C16H14ClNO4S/c1-22-16(19)15-10-11-9-12(17)7-8-14(11)18(15)23(20,21)13-5-3-2-4-6-13/h2-10,16,19H,1H3. The maximum absolute atomic E-state index is 13.0. The number of aliphatic hydroxyl groups is 1. The lowest BCUT2D eigenvalue weighted by Crippen LogP contribution is -2.18. The lowest BCUT2D eigenvalue weighted by molar-refractivity contribution is -0.0801. The molecular weight excluding hydrogens is 338 g/mol. The second kappa shape index (κ2) is 5.98. The molecule has 3 aromatic rings. The minimum Gasteiger partial charge on any atom is -0.363 e. The Bertz CT molecular complexity index is 951. The Hall–Kier alpha value is -1.86. The van der Waals surface area contributed by atoms with Gasteiger partial charge in [0.15, 0.2) is 6.29 Å². The van der Waals surface area contributed by atoms with Crippen LogP contribution in [-0.4, -0.2) is 24.6 Å². The molecule has 0 saturated heterocycles. The van der Waals surface area contributed by atoms with Crippen LogP contribution in [0.4, 0.5) is 0 Å². The van der Waals surface area contributed by atoms with Crippen LogP contribution in [0.15, 0.2) is 59.5 Å². The predicted octanol–water partition coefficient (Wildman–Crippen LogP) is 3.17. The molecule has 0 aliphatic carbocycles. The van der Waals surface area contributed by atoms with E-state index in [-0.39, 0.29) is 10.6 Å². The van der Waals surface area contributed by atoms with Gasteiger partial charge < -0.3 is 9.84 Å².